The van der Waals surface area contributed by atoms with Gasteiger partial charge in [-0.2, -0.15) is 10.1 Å². The monoisotopic (exact) mass is 419 g/mol. The van der Waals surface area contributed by atoms with Crippen LogP contribution in [0.15, 0.2) is 57.8 Å². The SMILES string of the molecule is Cc1nn(CN2CCCC(c3nc(-c4ccc(F)cc4)no3)C2)c(=O)c2ccccc12. The van der Waals surface area contributed by atoms with Gasteiger partial charge in [0.2, 0.25) is 11.7 Å². The van der Waals surface area contributed by atoms with Gasteiger partial charge in [-0.05, 0) is 56.6 Å². The van der Waals surface area contributed by atoms with E-state index in [1.165, 1.54) is 16.8 Å². The van der Waals surface area contributed by atoms with Crippen LogP contribution >= 0.6 is 0 Å². The zero-order valence-corrected chi connectivity index (χ0v) is 17.2. The van der Waals surface area contributed by atoms with E-state index in [1.54, 1.807) is 12.1 Å². The number of piperidine rings is 1. The van der Waals surface area contributed by atoms with Crippen molar-refractivity contribution in [2.24, 2.45) is 0 Å². The Hall–Kier alpha value is -3.39. The predicted octanol–water partition coefficient (Wildman–Crippen LogP) is 3.73. The molecule has 1 unspecified atom stereocenters. The van der Waals surface area contributed by atoms with Crippen LogP contribution in [0.4, 0.5) is 4.39 Å². The molecule has 158 valence electrons. The topological polar surface area (TPSA) is 77.1 Å². The quantitative estimate of drug-likeness (QED) is 0.502. The fraction of sp³-hybridized carbons (Fsp3) is 0.304. The average Bonchev–Trinajstić information content (AvgIpc) is 3.28. The van der Waals surface area contributed by atoms with Crippen molar-refractivity contribution in [3.05, 3.63) is 76.3 Å². The summed E-state index contributed by atoms with van der Waals surface area (Å²) < 4.78 is 20.2. The van der Waals surface area contributed by atoms with E-state index in [2.05, 4.69) is 20.1 Å². The molecule has 5 rings (SSSR count). The van der Waals surface area contributed by atoms with Gasteiger partial charge in [0.1, 0.15) is 5.82 Å². The molecule has 0 N–H and O–H groups in total. The van der Waals surface area contributed by atoms with Crippen LogP contribution in [0.1, 0.15) is 30.3 Å². The number of rotatable bonds is 4. The summed E-state index contributed by atoms with van der Waals surface area (Å²) in [5, 5.41) is 10.2. The highest BCUT2D eigenvalue weighted by Crippen LogP contribution is 2.28. The van der Waals surface area contributed by atoms with Gasteiger partial charge >= 0.3 is 0 Å². The van der Waals surface area contributed by atoms with Crippen LogP contribution in [0.3, 0.4) is 0 Å². The van der Waals surface area contributed by atoms with Crippen LogP contribution < -0.4 is 5.56 Å². The van der Waals surface area contributed by atoms with Crippen LogP contribution in [-0.4, -0.2) is 37.9 Å². The Kier molecular flexibility index (Phi) is 5.07. The Bertz CT molecular complexity index is 1280. The first kappa shape index (κ1) is 19.6. The minimum atomic E-state index is -0.303. The first-order valence-corrected chi connectivity index (χ1v) is 10.4. The van der Waals surface area contributed by atoms with E-state index < -0.39 is 0 Å². The second kappa shape index (κ2) is 8.03. The van der Waals surface area contributed by atoms with Crippen molar-refractivity contribution in [2.75, 3.05) is 13.1 Å². The summed E-state index contributed by atoms with van der Waals surface area (Å²) in [7, 11) is 0. The first-order chi connectivity index (χ1) is 15.1. The Balaban J connectivity index is 1.35. The number of likely N-dealkylation sites (tertiary alicyclic amines) is 1. The lowest BCUT2D eigenvalue weighted by molar-refractivity contribution is 0.141. The summed E-state index contributed by atoms with van der Waals surface area (Å²) in [6.45, 7) is 3.91. The molecule has 0 bridgehead atoms. The third-order valence-corrected chi connectivity index (χ3v) is 5.79. The maximum absolute atomic E-state index is 13.2. The summed E-state index contributed by atoms with van der Waals surface area (Å²) in [5.74, 6) is 0.796. The average molecular weight is 419 g/mol. The van der Waals surface area contributed by atoms with Gasteiger partial charge < -0.3 is 4.52 Å². The second-order valence-electron chi connectivity index (χ2n) is 7.96. The molecular formula is C23H22FN5O2. The number of hydrogen-bond acceptors (Lipinski definition) is 6. The summed E-state index contributed by atoms with van der Waals surface area (Å²) in [6.07, 6.45) is 1.89. The zero-order chi connectivity index (χ0) is 21.4. The Labute approximate surface area is 178 Å². The van der Waals surface area contributed by atoms with Gasteiger partial charge in [-0.15, -0.1) is 0 Å². The number of fused-ring (bicyclic) bond motifs is 1. The van der Waals surface area contributed by atoms with Crippen LogP contribution in [0.2, 0.25) is 0 Å². The lowest BCUT2D eigenvalue weighted by Gasteiger charge is -2.30. The van der Waals surface area contributed by atoms with E-state index in [1.807, 2.05) is 31.2 Å². The third-order valence-electron chi connectivity index (χ3n) is 5.79. The van der Waals surface area contributed by atoms with Crippen molar-refractivity contribution in [1.82, 2.24) is 24.8 Å². The number of halogens is 1. The minimum Gasteiger partial charge on any atom is -0.339 e. The maximum atomic E-state index is 13.2. The largest absolute Gasteiger partial charge is 0.339 e. The number of aryl methyl sites for hydroxylation is 1. The minimum absolute atomic E-state index is 0.0766. The number of nitrogens with zero attached hydrogens (tertiary/aromatic N) is 5. The van der Waals surface area contributed by atoms with Crippen molar-refractivity contribution in [1.29, 1.82) is 0 Å². The predicted molar refractivity (Wildman–Crippen MR) is 114 cm³/mol. The van der Waals surface area contributed by atoms with Gasteiger partial charge in [0.05, 0.1) is 23.7 Å². The highest BCUT2D eigenvalue weighted by molar-refractivity contribution is 5.83. The van der Waals surface area contributed by atoms with Gasteiger partial charge in [-0.25, -0.2) is 9.07 Å². The van der Waals surface area contributed by atoms with Crippen LogP contribution in [0, 0.1) is 12.7 Å². The molecular weight excluding hydrogens is 397 g/mol. The van der Waals surface area contributed by atoms with Gasteiger partial charge in [-0.3, -0.25) is 9.69 Å². The van der Waals surface area contributed by atoms with Gasteiger partial charge in [0, 0.05) is 17.5 Å². The van der Waals surface area contributed by atoms with Gasteiger partial charge in [-0.1, -0.05) is 23.4 Å². The van der Waals surface area contributed by atoms with E-state index in [0.717, 1.165) is 30.5 Å². The third kappa shape index (κ3) is 3.86. The Morgan fingerprint density at radius 1 is 1.13 bits per heavy atom. The molecule has 8 heteroatoms. The van der Waals surface area contributed by atoms with Crippen molar-refractivity contribution in [2.45, 2.75) is 32.4 Å². The maximum Gasteiger partial charge on any atom is 0.275 e. The Morgan fingerprint density at radius 3 is 2.71 bits per heavy atom. The van der Waals surface area contributed by atoms with Crippen molar-refractivity contribution in [3.8, 4) is 11.4 Å². The summed E-state index contributed by atoms with van der Waals surface area (Å²) in [6, 6.07) is 13.6. The van der Waals surface area contributed by atoms with Crippen molar-refractivity contribution >= 4 is 10.8 Å². The molecule has 0 amide bonds. The second-order valence-corrected chi connectivity index (χ2v) is 7.96. The molecule has 31 heavy (non-hydrogen) atoms. The van der Waals surface area contributed by atoms with Crippen molar-refractivity contribution in [3.63, 3.8) is 0 Å². The smallest absolute Gasteiger partial charge is 0.275 e. The van der Waals surface area contributed by atoms with E-state index in [-0.39, 0.29) is 17.3 Å². The molecule has 0 aliphatic carbocycles. The molecule has 1 saturated heterocycles. The van der Waals surface area contributed by atoms with Crippen LogP contribution in [-0.2, 0) is 6.67 Å². The highest BCUT2D eigenvalue weighted by atomic mass is 19.1. The van der Waals surface area contributed by atoms with E-state index >= 15 is 0 Å². The molecule has 2 aromatic heterocycles. The normalized spacial score (nSPS) is 17.3. The van der Waals surface area contributed by atoms with Gasteiger partial charge in [0.15, 0.2) is 0 Å². The summed E-state index contributed by atoms with van der Waals surface area (Å²) in [5.41, 5.74) is 1.47. The number of hydrogen-bond donors (Lipinski definition) is 0. The zero-order valence-electron chi connectivity index (χ0n) is 17.2. The molecule has 1 fully saturated rings. The fourth-order valence-electron chi connectivity index (χ4n) is 4.19. The molecule has 1 aliphatic rings. The van der Waals surface area contributed by atoms with E-state index in [4.69, 9.17) is 4.52 Å². The standard InChI is InChI=1S/C23H22FN5O2/c1-15-19-6-2-3-7-20(19)23(30)29(26-15)14-28-12-4-5-17(13-28)22-25-21(27-31-22)16-8-10-18(24)11-9-16/h2-3,6-11,17H,4-5,12-14H2,1H3. The molecule has 2 aromatic carbocycles. The van der Waals surface area contributed by atoms with Gasteiger partial charge in [0.25, 0.3) is 5.56 Å². The molecule has 4 aromatic rings. The van der Waals surface area contributed by atoms with E-state index in [9.17, 15) is 9.18 Å². The number of benzene rings is 2. The summed E-state index contributed by atoms with van der Waals surface area (Å²) >= 11 is 0. The van der Waals surface area contributed by atoms with Crippen molar-refractivity contribution < 1.29 is 8.91 Å². The Morgan fingerprint density at radius 2 is 1.90 bits per heavy atom. The van der Waals surface area contributed by atoms with Crippen LogP contribution in [0.25, 0.3) is 22.2 Å². The molecule has 0 spiro atoms. The summed E-state index contributed by atoms with van der Waals surface area (Å²) in [4.78, 5) is 19.6. The lowest BCUT2D eigenvalue weighted by atomic mass is 9.98. The molecule has 1 aliphatic heterocycles. The molecule has 7 nitrogen and oxygen atoms in total. The lowest BCUT2D eigenvalue weighted by Crippen LogP contribution is -2.39. The van der Waals surface area contributed by atoms with E-state index in [0.29, 0.717) is 35.9 Å². The highest BCUT2D eigenvalue weighted by Gasteiger charge is 2.27. The molecule has 0 saturated carbocycles. The molecule has 1 atom stereocenters. The fourth-order valence-corrected chi connectivity index (χ4v) is 4.19. The van der Waals surface area contributed by atoms with Crippen LogP contribution in [0.5, 0.6) is 0 Å². The molecule has 3 heterocycles. The first-order valence-electron chi connectivity index (χ1n) is 10.4. The molecule has 0 radical (unpaired) electrons. The number of aromatic nitrogens is 4.